The maximum Gasteiger partial charge on any atom is 0.309 e. The number of Topliss-reactive ketones (excluding diaryl/α,β-unsaturated/α-hetero) is 1. The lowest BCUT2D eigenvalue weighted by Gasteiger charge is -2.34. The Balaban J connectivity index is 1.94. The zero-order valence-corrected chi connectivity index (χ0v) is 27.8. The summed E-state index contributed by atoms with van der Waals surface area (Å²) >= 11 is 3.12. The monoisotopic (exact) mass is 624 g/mol. The van der Waals surface area contributed by atoms with Crippen LogP contribution in [0.3, 0.4) is 0 Å². The first-order chi connectivity index (χ1) is 19.6. The molecule has 3 rings (SSSR count). The van der Waals surface area contributed by atoms with Gasteiger partial charge in [-0.3, -0.25) is 19.3 Å². The molecule has 236 valence electrons. The van der Waals surface area contributed by atoms with Gasteiger partial charge in [-0.15, -0.1) is 11.3 Å². The molecule has 0 saturated carbocycles. The fourth-order valence-corrected chi connectivity index (χ4v) is 7.45. The second-order valence-electron chi connectivity index (χ2n) is 12.7. The highest BCUT2D eigenvalue weighted by molar-refractivity contribution is 8.00. The Morgan fingerprint density at radius 2 is 1.95 bits per heavy atom. The molecule has 9 nitrogen and oxygen atoms in total. The number of ether oxygens (including phenoxy) is 2. The number of ketones is 1. The second kappa shape index (κ2) is 14.3. The lowest BCUT2D eigenvalue weighted by atomic mass is 9.73. The summed E-state index contributed by atoms with van der Waals surface area (Å²) in [5.41, 5.74) is 0.187. The van der Waals surface area contributed by atoms with Gasteiger partial charge in [-0.1, -0.05) is 45.9 Å². The van der Waals surface area contributed by atoms with Gasteiger partial charge in [0, 0.05) is 42.8 Å². The van der Waals surface area contributed by atoms with E-state index in [1.54, 1.807) is 43.9 Å². The first kappa shape index (κ1) is 34.7. The molecule has 1 unspecified atom stereocenters. The molecule has 2 saturated heterocycles. The number of thiazole rings is 1. The molecular weight excluding hydrogens is 576 g/mol. The molecule has 0 aliphatic carbocycles. The summed E-state index contributed by atoms with van der Waals surface area (Å²) in [6.07, 6.45) is 3.80. The number of fused-ring (bicyclic) bond motifs is 1. The number of esters is 2. The Morgan fingerprint density at radius 1 is 1.26 bits per heavy atom. The standard InChI is InChI=1S/C31H48N2O7S2/c1-18-10-9-11-31(7)24(33(31)12-13-39-21(4)34)15-23(19(2)14-22-17-42-29(32-22)41-8)40-26(36)16-25(35)30(5,6)28(38)20(3)27(18)37/h14,17-18,20,23-25,27,35,37H,9-13,15-16H2,1-8H3/b19-14+/t18-,20+,23-,24-,25-,27-,31+,33?/m0/s1. The van der Waals surface area contributed by atoms with E-state index in [0.29, 0.717) is 13.0 Å². The first-order valence-corrected chi connectivity index (χ1v) is 16.9. The van der Waals surface area contributed by atoms with Crippen LogP contribution in [0.2, 0.25) is 0 Å². The summed E-state index contributed by atoms with van der Waals surface area (Å²) in [5, 5.41) is 24.0. The summed E-state index contributed by atoms with van der Waals surface area (Å²) < 4.78 is 12.2. The van der Waals surface area contributed by atoms with Crippen molar-refractivity contribution >= 4 is 46.9 Å². The van der Waals surface area contributed by atoms with Gasteiger partial charge in [0.2, 0.25) is 0 Å². The van der Waals surface area contributed by atoms with Gasteiger partial charge in [0.1, 0.15) is 22.8 Å². The lowest BCUT2D eigenvalue weighted by molar-refractivity contribution is -0.154. The fraction of sp³-hybridized carbons (Fsp3) is 0.742. The molecule has 0 amide bonds. The Kier molecular flexibility index (Phi) is 11.8. The Hall–Kier alpha value is -1.79. The molecule has 0 radical (unpaired) electrons. The lowest BCUT2D eigenvalue weighted by Crippen LogP contribution is -2.45. The van der Waals surface area contributed by atoms with Crippen molar-refractivity contribution in [2.24, 2.45) is 17.3 Å². The Labute approximate surface area is 258 Å². The zero-order valence-electron chi connectivity index (χ0n) is 26.2. The Bertz CT molecular complexity index is 1150. The van der Waals surface area contributed by atoms with Crippen LogP contribution in [-0.2, 0) is 23.9 Å². The first-order valence-electron chi connectivity index (χ1n) is 14.8. The largest absolute Gasteiger partial charge is 0.465 e. The van der Waals surface area contributed by atoms with Gasteiger partial charge in [0.25, 0.3) is 0 Å². The van der Waals surface area contributed by atoms with Crippen LogP contribution in [0.25, 0.3) is 6.08 Å². The molecule has 8 atom stereocenters. The molecule has 1 aromatic rings. The summed E-state index contributed by atoms with van der Waals surface area (Å²) in [7, 11) is 0. The van der Waals surface area contributed by atoms with E-state index >= 15 is 0 Å². The van der Waals surface area contributed by atoms with E-state index in [-0.39, 0.29) is 42.3 Å². The van der Waals surface area contributed by atoms with Crippen LogP contribution in [0.5, 0.6) is 0 Å². The molecule has 0 spiro atoms. The van der Waals surface area contributed by atoms with Crippen molar-refractivity contribution < 1.29 is 34.1 Å². The van der Waals surface area contributed by atoms with Crippen molar-refractivity contribution in [1.82, 2.24) is 9.88 Å². The van der Waals surface area contributed by atoms with Gasteiger partial charge in [0.05, 0.1) is 29.7 Å². The third-order valence-corrected chi connectivity index (χ3v) is 11.2. The average molecular weight is 625 g/mol. The molecule has 0 aromatic carbocycles. The minimum atomic E-state index is -1.27. The molecule has 3 heterocycles. The number of rotatable bonds is 6. The van der Waals surface area contributed by atoms with E-state index in [0.717, 1.165) is 34.9 Å². The number of aliphatic hydroxyl groups is 2. The van der Waals surface area contributed by atoms with Gasteiger partial charge in [-0.05, 0) is 50.5 Å². The molecular formula is C31H48N2O7S2. The van der Waals surface area contributed by atoms with E-state index in [4.69, 9.17) is 9.47 Å². The van der Waals surface area contributed by atoms with Gasteiger partial charge in [-0.2, -0.15) is 0 Å². The van der Waals surface area contributed by atoms with Gasteiger partial charge < -0.3 is 19.7 Å². The zero-order chi connectivity index (χ0) is 31.4. The topological polar surface area (TPSA) is 126 Å². The van der Waals surface area contributed by atoms with E-state index in [1.165, 1.54) is 6.92 Å². The molecule has 11 heteroatoms. The van der Waals surface area contributed by atoms with E-state index < -0.39 is 35.6 Å². The minimum Gasteiger partial charge on any atom is -0.465 e. The van der Waals surface area contributed by atoms with Gasteiger partial charge in [0.15, 0.2) is 0 Å². The number of nitrogens with zero attached hydrogens (tertiary/aromatic N) is 2. The smallest absolute Gasteiger partial charge is 0.309 e. The number of hydrogen-bond donors (Lipinski definition) is 2. The van der Waals surface area contributed by atoms with E-state index in [9.17, 15) is 24.6 Å². The van der Waals surface area contributed by atoms with Gasteiger partial charge >= 0.3 is 11.9 Å². The van der Waals surface area contributed by atoms with E-state index in [1.807, 2.05) is 31.6 Å². The third-order valence-electron chi connectivity index (χ3n) is 9.27. The van der Waals surface area contributed by atoms with Crippen molar-refractivity contribution in [3.63, 3.8) is 0 Å². The van der Waals surface area contributed by atoms with Crippen molar-refractivity contribution in [2.75, 3.05) is 19.4 Å². The summed E-state index contributed by atoms with van der Waals surface area (Å²) in [4.78, 5) is 45.0. The summed E-state index contributed by atoms with van der Waals surface area (Å²) in [6, 6.07) is 0.0707. The van der Waals surface area contributed by atoms with Crippen molar-refractivity contribution in [1.29, 1.82) is 0 Å². The van der Waals surface area contributed by atoms with Crippen molar-refractivity contribution in [3.8, 4) is 0 Å². The molecule has 2 aliphatic rings. The van der Waals surface area contributed by atoms with Crippen LogP contribution in [0.15, 0.2) is 15.3 Å². The van der Waals surface area contributed by atoms with Crippen LogP contribution in [-0.4, -0.2) is 87.1 Å². The van der Waals surface area contributed by atoms with Crippen LogP contribution < -0.4 is 0 Å². The highest BCUT2D eigenvalue weighted by atomic mass is 32.2. The third kappa shape index (κ3) is 8.22. The quantitative estimate of drug-likeness (QED) is 0.260. The Morgan fingerprint density at radius 3 is 2.57 bits per heavy atom. The molecule has 42 heavy (non-hydrogen) atoms. The van der Waals surface area contributed by atoms with Crippen molar-refractivity contribution in [3.05, 3.63) is 16.6 Å². The van der Waals surface area contributed by atoms with Gasteiger partial charge in [-0.25, -0.2) is 4.98 Å². The highest BCUT2D eigenvalue weighted by Crippen LogP contribution is 2.48. The molecule has 1 aromatic heterocycles. The molecule has 0 bridgehead atoms. The number of aromatic nitrogens is 1. The predicted octanol–water partition coefficient (Wildman–Crippen LogP) is 4.74. The molecule has 2 N–H and O–H groups in total. The average Bonchev–Trinajstić information content (AvgIpc) is 3.22. The molecule has 2 aliphatic heterocycles. The maximum atomic E-state index is 13.4. The predicted molar refractivity (Wildman–Crippen MR) is 165 cm³/mol. The van der Waals surface area contributed by atoms with Crippen LogP contribution >= 0.6 is 23.1 Å². The highest BCUT2D eigenvalue weighted by Gasteiger charge is 2.58. The SMILES string of the molecule is CSc1nc(/C=C(\C)[C@@H]2C[C@@H]3N(CCOC(C)=O)[C@]3(C)CCC[C@H](C)[C@H](O)[C@@H](C)C(=O)C(C)(C)[C@@H](O)CC(=O)O2)cs1. The minimum absolute atomic E-state index is 0.0707. The molecule has 2 fully saturated rings. The fourth-order valence-electron chi connectivity index (χ4n) is 6.23. The van der Waals surface area contributed by atoms with Crippen molar-refractivity contribution in [2.45, 2.75) is 115 Å². The number of aliphatic hydroxyl groups excluding tert-OH is 2. The van der Waals surface area contributed by atoms with Crippen LogP contribution in [0, 0.1) is 17.3 Å². The summed E-state index contributed by atoms with van der Waals surface area (Å²) in [6.45, 7) is 13.2. The van der Waals surface area contributed by atoms with E-state index in [2.05, 4.69) is 16.8 Å². The maximum absolute atomic E-state index is 13.4. The number of carbonyl (C=O) groups is 3. The van der Waals surface area contributed by atoms with Crippen LogP contribution in [0.1, 0.15) is 86.3 Å². The summed E-state index contributed by atoms with van der Waals surface area (Å²) in [5.74, 6) is -2.01. The number of carbonyl (C=O) groups excluding carboxylic acids is 3. The van der Waals surface area contributed by atoms with Crippen LogP contribution in [0.4, 0.5) is 0 Å². The second-order valence-corrected chi connectivity index (χ2v) is 14.6. The number of hydrogen-bond acceptors (Lipinski definition) is 11. The number of thioether (sulfide) groups is 1. The number of cyclic esters (lactones) is 1. The normalized spacial score (nSPS) is 34.8.